The van der Waals surface area contributed by atoms with Gasteiger partial charge in [-0.05, 0) is 54.8 Å². The predicted molar refractivity (Wildman–Crippen MR) is 121 cm³/mol. The summed E-state index contributed by atoms with van der Waals surface area (Å²) >= 11 is 5.95. The number of benzene rings is 2. The highest BCUT2D eigenvalue weighted by Gasteiger charge is 2.38. The van der Waals surface area contributed by atoms with Crippen LogP contribution in [0.15, 0.2) is 48.5 Å². The normalized spacial score (nSPS) is 19.5. The van der Waals surface area contributed by atoms with Gasteiger partial charge in [0.05, 0.1) is 17.7 Å². The van der Waals surface area contributed by atoms with Crippen molar-refractivity contribution in [1.82, 2.24) is 9.80 Å². The van der Waals surface area contributed by atoms with Gasteiger partial charge in [0.15, 0.2) is 0 Å². The van der Waals surface area contributed by atoms with E-state index in [0.29, 0.717) is 24.7 Å². The fourth-order valence-electron chi connectivity index (χ4n) is 4.51. The molecule has 0 aliphatic carbocycles. The second-order valence-electron chi connectivity index (χ2n) is 8.73. The average molecular weight is 482 g/mol. The second kappa shape index (κ2) is 9.52. The number of amides is 1. The van der Waals surface area contributed by atoms with E-state index < -0.39 is 17.3 Å². The van der Waals surface area contributed by atoms with Crippen LogP contribution in [0.5, 0.6) is 0 Å². The SMILES string of the molecule is O=C(CN1CCN(c2ccc(Cl)cc2)CC1)N1CCC(O)(c2cccc(C(F)(F)F)c2)CC1. The molecule has 0 unspecified atom stereocenters. The third-order valence-electron chi connectivity index (χ3n) is 6.59. The fraction of sp³-hybridized carbons (Fsp3) is 0.458. The topological polar surface area (TPSA) is 47.0 Å². The van der Waals surface area contributed by atoms with Gasteiger partial charge in [-0.2, -0.15) is 13.2 Å². The molecule has 0 bridgehead atoms. The van der Waals surface area contributed by atoms with Crippen molar-refractivity contribution in [3.05, 3.63) is 64.7 Å². The zero-order valence-electron chi connectivity index (χ0n) is 18.2. The highest BCUT2D eigenvalue weighted by atomic mass is 35.5. The number of halogens is 4. The molecule has 9 heteroatoms. The summed E-state index contributed by atoms with van der Waals surface area (Å²) in [4.78, 5) is 18.9. The van der Waals surface area contributed by atoms with Gasteiger partial charge in [-0.15, -0.1) is 0 Å². The smallest absolute Gasteiger partial charge is 0.385 e. The van der Waals surface area contributed by atoms with Crippen molar-refractivity contribution in [3.63, 3.8) is 0 Å². The molecule has 178 valence electrons. The summed E-state index contributed by atoms with van der Waals surface area (Å²) < 4.78 is 39.1. The van der Waals surface area contributed by atoms with Crippen LogP contribution in [0.3, 0.4) is 0 Å². The van der Waals surface area contributed by atoms with Gasteiger partial charge in [-0.1, -0.05) is 23.7 Å². The molecule has 1 amide bonds. The number of rotatable bonds is 4. The van der Waals surface area contributed by atoms with Crippen molar-refractivity contribution in [2.45, 2.75) is 24.6 Å². The lowest BCUT2D eigenvalue weighted by atomic mass is 9.83. The van der Waals surface area contributed by atoms with Crippen molar-refractivity contribution < 1.29 is 23.1 Å². The molecule has 2 fully saturated rings. The Morgan fingerprint density at radius 3 is 2.21 bits per heavy atom. The minimum atomic E-state index is -4.46. The Bertz CT molecular complexity index is 968. The lowest BCUT2D eigenvalue weighted by molar-refractivity contribution is -0.137. The number of aliphatic hydroxyl groups is 1. The van der Waals surface area contributed by atoms with E-state index in [4.69, 9.17) is 11.6 Å². The molecule has 33 heavy (non-hydrogen) atoms. The Labute approximate surface area is 196 Å². The van der Waals surface area contributed by atoms with Crippen molar-refractivity contribution in [2.24, 2.45) is 0 Å². The van der Waals surface area contributed by atoms with Gasteiger partial charge in [0.25, 0.3) is 0 Å². The third-order valence-corrected chi connectivity index (χ3v) is 6.85. The van der Waals surface area contributed by atoms with Gasteiger partial charge < -0.3 is 14.9 Å². The van der Waals surface area contributed by atoms with E-state index >= 15 is 0 Å². The van der Waals surface area contributed by atoms with E-state index in [9.17, 15) is 23.1 Å². The van der Waals surface area contributed by atoms with Gasteiger partial charge in [-0.25, -0.2) is 0 Å². The molecule has 0 saturated carbocycles. The van der Waals surface area contributed by atoms with Crippen molar-refractivity contribution >= 4 is 23.2 Å². The summed E-state index contributed by atoms with van der Waals surface area (Å²) in [7, 11) is 0. The van der Waals surface area contributed by atoms with E-state index in [2.05, 4.69) is 9.80 Å². The number of hydrogen-bond donors (Lipinski definition) is 1. The lowest BCUT2D eigenvalue weighted by Crippen LogP contribution is -2.52. The first-order valence-electron chi connectivity index (χ1n) is 11.0. The second-order valence-corrected chi connectivity index (χ2v) is 9.17. The first-order valence-corrected chi connectivity index (χ1v) is 11.4. The Morgan fingerprint density at radius 1 is 0.970 bits per heavy atom. The molecule has 2 aromatic carbocycles. The fourth-order valence-corrected chi connectivity index (χ4v) is 4.63. The molecule has 0 aromatic heterocycles. The number of nitrogens with zero attached hydrogens (tertiary/aromatic N) is 3. The quantitative estimate of drug-likeness (QED) is 0.717. The van der Waals surface area contributed by atoms with E-state index in [-0.39, 0.29) is 24.3 Å². The van der Waals surface area contributed by atoms with Crippen LogP contribution >= 0.6 is 11.6 Å². The summed E-state index contributed by atoms with van der Waals surface area (Å²) in [6, 6.07) is 12.6. The summed E-state index contributed by atoms with van der Waals surface area (Å²) in [6.45, 7) is 4.07. The first kappa shape index (κ1) is 23.9. The molecule has 2 aromatic rings. The molecule has 5 nitrogen and oxygen atoms in total. The maximum absolute atomic E-state index is 13.0. The van der Waals surface area contributed by atoms with Gasteiger partial charge in [0, 0.05) is 50.0 Å². The zero-order chi connectivity index (χ0) is 23.6. The maximum atomic E-state index is 13.0. The third kappa shape index (κ3) is 5.62. The zero-order valence-corrected chi connectivity index (χ0v) is 18.9. The Morgan fingerprint density at radius 2 is 1.61 bits per heavy atom. The Balaban J connectivity index is 1.28. The largest absolute Gasteiger partial charge is 0.416 e. The van der Waals surface area contributed by atoms with Gasteiger partial charge in [-0.3, -0.25) is 9.69 Å². The molecular weight excluding hydrogens is 455 g/mol. The number of alkyl halides is 3. The summed E-state index contributed by atoms with van der Waals surface area (Å²) in [5.74, 6) is -0.0129. The molecular formula is C24H27ClF3N3O2. The van der Waals surface area contributed by atoms with Gasteiger partial charge >= 0.3 is 6.18 Å². The highest BCUT2D eigenvalue weighted by molar-refractivity contribution is 6.30. The summed E-state index contributed by atoms with van der Waals surface area (Å²) in [5, 5.41) is 11.7. The van der Waals surface area contributed by atoms with Crippen LogP contribution in [0.25, 0.3) is 0 Å². The molecule has 2 aliphatic rings. The molecule has 2 aliphatic heterocycles. The van der Waals surface area contributed by atoms with Crippen molar-refractivity contribution in [1.29, 1.82) is 0 Å². The van der Waals surface area contributed by atoms with Crippen LogP contribution in [0.4, 0.5) is 18.9 Å². The Kier molecular flexibility index (Phi) is 6.88. The maximum Gasteiger partial charge on any atom is 0.416 e. The number of likely N-dealkylation sites (tertiary alicyclic amines) is 1. The van der Waals surface area contributed by atoms with Crippen LogP contribution in [-0.4, -0.2) is 66.6 Å². The lowest BCUT2D eigenvalue weighted by Gasteiger charge is -2.40. The first-order chi connectivity index (χ1) is 15.6. The number of carbonyl (C=O) groups excluding carboxylic acids is 1. The number of carbonyl (C=O) groups is 1. The molecule has 1 N–H and O–H groups in total. The van der Waals surface area contributed by atoms with E-state index in [1.165, 1.54) is 12.1 Å². The highest BCUT2D eigenvalue weighted by Crippen LogP contribution is 2.36. The molecule has 4 rings (SSSR count). The standard InChI is InChI=1S/C24H27ClF3N3O2/c25-20-4-6-21(7-5-20)30-14-12-29(13-15-30)17-22(32)31-10-8-23(33,9-11-31)18-2-1-3-19(16-18)24(26,27)28/h1-7,16,33H,8-15,17H2. The number of anilines is 1. The number of hydrogen-bond acceptors (Lipinski definition) is 4. The molecule has 2 heterocycles. The van der Waals surface area contributed by atoms with Crippen LogP contribution in [0.1, 0.15) is 24.0 Å². The van der Waals surface area contributed by atoms with Crippen molar-refractivity contribution in [3.8, 4) is 0 Å². The Hall–Kier alpha value is -2.29. The number of piperazine rings is 1. The minimum Gasteiger partial charge on any atom is -0.385 e. The molecule has 0 atom stereocenters. The van der Waals surface area contributed by atoms with Crippen LogP contribution in [-0.2, 0) is 16.6 Å². The summed E-state index contributed by atoms with van der Waals surface area (Å²) in [5.41, 5.74) is -0.773. The molecule has 0 spiro atoms. The predicted octanol–water partition coefficient (Wildman–Crippen LogP) is 3.99. The monoisotopic (exact) mass is 481 g/mol. The van der Waals surface area contributed by atoms with Gasteiger partial charge in [0.1, 0.15) is 0 Å². The molecule has 2 saturated heterocycles. The van der Waals surface area contributed by atoms with Crippen LogP contribution in [0.2, 0.25) is 5.02 Å². The van der Waals surface area contributed by atoms with Gasteiger partial charge in [0.2, 0.25) is 5.91 Å². The van der Waals surface area contributed by atoms with Crippen LogP contribution < -0.4 is 4.90 Å². The summed E-state index contributed by atoms with van der Waals surface area (Å²) in [6.07, 6.45) is -4.03. The average Bonchev–Trinajstić information content (AvgIpc) is 2.80. The van der Waals surface area contributed by atoms with Crippen LogP contribution in [0, 0.1) is 0 Å². The molecule has 0 radical (unpaired) electrons. The van der Waals surface area contributed by atoms with Crippen molar-refractivity contribution in [2.75, 3.05) is 50.7 Å². The number of piperidine rings is 1. The van der Waals surface area contributed by atoms with E-state index in [1.54, 1.807) is 4.90 Å². The minimum absolute atomic E-state index is 0.0129. The van der Waals surface area contributed by atoms with E-state index in [1.807, 2.05) is 24.3 Å². The van der Waals surface area contributed by atoms with E-state index in [0.717, 1.165) is 44.0 Å².